The van der Waals surface area contributed by atoms with Crippen molar-refractivity contribution >= 4 is 17.7 Å². The molecule has 0 aliphatic rings. The molecular weight excluding hydrogens is 272 g/mol. The zero-order valence-corrected chi connectivity index (χ0v) is 12.3. The molecule has 0 saturated carbocycles. The Kier molecular flexibility index (Phi) is 5.17. The smallest absolute Gasteiger partial charge is 0.227 e. The Morgan fingerprint density at radius 2 is 2.05 bits per heavy atom. The molecule has 1 aromatic carbocycles. The summed E-state index contributed by atoms with van der Waals surface area (Å²) in [6.45, 7) is 2.98. The van der Waals surface area contributed by atoms with E-state index in [1.54, 1.807) is 0 Å². The number of amides is 1. The number of nitrogens with zero attached hydrogens (tertiary/aromatic N) is 3. The predicted octanol–water partition coefficient (Wildman–Crippen LogP) is 2.32. The summed E-state index contributed by atoms with van der Waals surface area (Å²) < 4.78 is 2.06. The summed E-state index contributed by atoms with van der Waals surface area (Å²) in [5, 5.41) is 9.19. The van der Waals surface area contributed by atoms with Crippen LogP contribution in [0.2, 0.25) is 0 Å². The zero-order valence-electron chi connectivity index (χ0n) is 11.5. The van der Waals surface area contributed by atoms with Gasteiger partial charge < -0.3 is 10.3 Å². The topological polar surface area (TPSA) is 73.8 Å². The number of hydrogen-bond acceptors (Lipinski definition) is 4. The normalized spacial score (nSPS) is 10.7. The third-order valence-corrected chi connectivity index (χ3v) is 3.82. The Labute approximate surface area is 122 Å². The second-order valence-electron chi connectivity index (χ2n) is 4.43. The number of nitrogens with two attached hydrogens (primary N) is 1. The van der Waals surface area contributed by atoms with E-state index in [2.05, 4.69) is 21.7 Å². The molecule has 0 aliphatic carbocycles. The monoisotopic (exact) mass is 290 g/mol. The van der Waals surface area contributed by atoms with E-state index in [0.29, 0.717) is 0 Å². The molecule has 0 atom stereocenters. The molecule has 1 aromatic heterocycles. The van der Waals surface area contributed by atoms with Crippen LogP contribution in [-0.2, 0) is 11.3 Å². The van der Waals surface area contributed by atoms with Crippen LogP contribution in [0.4, 0.5) is 0 Å². The van der Waals surface area contributed by atoms with Crippen LogP contribution >= 0.6 is 11.8 Å². The van der Waals surface area contributed by atoms with Crippen molar-refractivity contribution in [1.29, 1.82) is 0 Å². The Morgan fingerprint density at radius 1 is 1.30 bits per heavy atom. The molecule has 0 bridgehead atoms. The summed E-state index contributed by atoms with van der Waals surface area (Å²) in [4.78, 5) is 10.9. The first-order chi connectivity index (χ1) is 9.72. The largest absolute Gasteiger partial charge is 0.369 e. The van der Waals surface area contributed by atoms with Gasteiger partial charge in [-0.25, -0.2) is 0 Å². The molecule has 0 saturated heterocycles. The van der Waals surface area contributed by atoms with E-state index in [9.17, 15) is 4.79 Å². The van der Waals surface area contributed by atoms with Gasteiger partial charge in [-0.2, -0.15) is 0 Å². The molecule has 0 fully saturated rings. The zero-order chi connectivity index (χ0) is 14.4. The third kappa shape index (κ3) is 3.60. The number of aromatic nitrogens is 3. The number of unbranched alkanes of at least 4 members (excludes halogenated alkanes) is 1. The Hall–Kier alpha value is -1.82. The highest BCUT2D eigenvalue weighted by Crippen LogP contribution is 2.24. The SMILES string of the molecule is CCCCn1c(SCC(N)=O)nnc1-c1ccccc1. The van der Waals surface area contributed by atoms with Crippen LogP contribution in [-0.4, -0.2) is 26.4 Å². The minimum atomic E-state index is -0.346. The van der Waals surface area contributed by atoms with Crippen LogP contribution < -0.4 is 5.73 Å². The van der Waals surface area contributed by atoms with Crippen LogP contribution in [0.25, 0.3) is 11.4 Å². The number of hydrogen-bond donors (Lipinski definition) is 1. The fourth-order valence-corrected chi connectivity index (χ4v) is 2.55. The maximum atomic E-state index is 10.9. The van der Waals surface area contributed by atoms with E-state index in [-0.39, 0.29) is 11.7 Å². The molecule has 6 heteroatoms. The molecule has 1 heterocycles. The summed E-state index contributed by atoms with van der Waals surface area (Å²) in [7, 11) is 0. The molecule has 20 heavy (non-hydrogen) atoms. The van der Waals surface area contributed by atoms with Gasteiger partial charge in [-0.3, -0.25) is 4.79 Å². The van der Waals surface area contributed by atoms with Gasteiger partial charge in [0.1, 0.15) is 0 Å². The fourth-order valence-electron chi connectivity index (χ4n) is 1.85. The fraction of sp³-hybridized carbons (Fsp3) is 0.357. The van der Waals surface area contributed by atoms with E-state index < -0.39 is 0 Å². The number of carbonyl (C=O) groups is 1. The Morgan fingerprint density at radius 3 is 2.70 bits per heavy atom. The van der Waals surface area contributed by atoms with Crippen molar-refractivity contribution in [3.63, 3.8) is 0 Å². The van der Waals surface area contributed by atoms with Gasteiger partial charge in [0, 0.05) is 12.1 Å². The average molecular weight is 290 g/mol. The number of thioether (sulfide) groups is 1. The number of rotatable bonds is 7. The lowest BCUT2D eigenvalue weighted by atomic mass is 10.2. The van der Waals surface area contributed by atoms with Gasteiger partial charge in [-0.05, 0) is 6.42 Å². The first kappa shape index (κ1) is 14.6. The molecule has 106 valence electrons. The average Bonchev–Trinajstić information content (AvgIpc) is 2.86. The lowest BCUT2D eigenvalue weighted by molar-refractivity contribution is -0.115. The summed E-state index contributed by atoms with van der Waals surface area (Å²) in [5.74, 6) is 0.714. The van der Waals surface area contributed by atoms with Gasteiger partial charge in [-0.1, -0.05) is 55.4 Å². The Bertz CT molecular complexity index is 568. The second-order valence-corrected chi connectivity index (χ2v) is 5.37. The van der Waals surface area contributed by atoms with E-state index in [0.717, 1.165) is 35.9 Å². The maximum Gasteiger partial charge on any atom is 0.227 e. The van der Waals surface area contributed by atoms with Crippen molar-refractivity contribution in [2.45, 2.75) is 31.5 Å². The van der Waals surface area contributed by atoms with Crippen molar-refractivity contribution in [3.8, 4) is 11.4 Å². The predicted molar refractivity (Wildman–Crippen MR) is 80.3 cm³/mol. The standard InChI is InChI=1S/C14H18N4OS/c1-2-3-9-18-13(11-7-5-4-6-8-11)16-17-14(18)20-10-12(15)19/h4-8H,2-3,9-10H2,1H3,(H2,15,19). The molecule has 1 amide bonds. The van der Waals surface area contributed by atoms with Gasteiger partial charge >= 0.3 is 0 Å². The van der Waals surface area contributed by atoms with Crippen LogP contribution in [0, 0.1) is 0 Å². The quantitative estimate of drug-likeness (QED) is 0.794. The van der Waals surface area contributed by atoms with Crippen molar-refractivity contribution in [2.24, 2.45) is 5.73 Å². The minimum absolute atomic E-state index is 0.221. The number of benzene rings is 1. The lowest BCUT2D eigenvalue weighted by Gasteiger charge is -2.09. The molecule has 0 aliphatic heterocycles. The first-order valence-electron chi connectivity index (χ1n) is 6.62. The number of primary amides is 1. The third-order valence-electron chi connectivity index (χ3n) is 2.83. The number of carbonyl (C=O) groups excluding carboxylic acids is 1. The molecule has 0 unspecified atom stereocenters. The first-order valence-corrected chi connectivity index (χ1v) is 7.60. The van der Waals surface area contributed by atoms with Crippen molar-refractivity contribution in [1.82, 2.24) is 14.8 Å². The maximum absolute atomic E-state index is 10.9. The van der Waals surface area contributed by atoms with Gasteiger partial charge in [0.2, 0.25) is 5.91 Å². The van der Waals surface area contributed by atoms with Gasteiger partial charge in [0.15, 0.2) is 11.0 Å². The van der Waals surface area contributed by atoms with Crippen LogP contribution in [0.15, 0.2) is 35.5 Å². The van der Waals surface area contributed by atoms with Crippen molar-refractivity contribution in [3.05, 3.63) is 30.3 Å². The van der Waals surface area contributed by atoms with E-state index in [4.69, 9.17) is 5.73 Å². The highest BCUT2D eigenvalue weighted by Gasteiger charge is 2.14. The van der Waals surface area contributed by atoms with E-state index in [1.165, 1.54) is 11.8 Å². The van der Waals surface area contributed by atoms with Crippen LogP contribution in [0.1, 0.15) is 19.8 Å². The summed E-state index contributed by atoms with van der Waals surface area (Å²) in [6, 6.07) is 9.94. The van der Waals surface area contributed by atoms with E-state index >= 15 is 0 Å². The highest BCUT2D eigenvalue weighted by atomic mass is 32.2. The van der Waals surface area contributed by atoms with E-state index in [1.807, 2.05) is 30.3 Å². The van der Waals surface area contributed by atoms with Crippen molar-refractivity contribution in [2.75, 3.05) is 5.75 Å². The molecule has 2 N–H and O–H groups in total. The molecule has 2 aromatic rings. The molecule has 2 rings (SSSR count). The van der Waals surface area contributed by atoms with Crippen molar-refractivity contribution < 1.29 is 4.79 Å². The summed E-state index contributed by atoms with van der Waals surface area (Å²) in [5.41, 5.74) is 6.22. The van der Waals surface area contributed by atoms with Gasteiger partial charge in [0.25, 0.3) is 0 Å². The van der Waals surface area contributed by atoms with Gasteiger partial charge in [0.05, 0.1) is 5.75 Å². The second kappa shape index (κ2) is 7.09. The molecule has 5 nitrogen and oxygen atoms in total. The molecule has 0 spiro atoms. The Balaban J connectivity index is 2.29. The molecular formula is C14H18N4OS. The lowest BCUT2D eigenvalue weighted by Crippen LogP contribution is -2.14. The summed E-state index contributed by atoms with van der Waals surface area (Å²) >= 11 is 1.34. The van der Waals surface area contributed by atoms with Gasteiger partial charge in [-0.15, -0.1) is 10.2 Å². The highest BCUT2D eigenvalue weighted by molar-refractivity contribution is 7.99. The van der Waals surface area contributed by atoms with Crippen LogP contribution in [0.3, 0.4) is 0 Å². The minimum Gasteiger partial charge on any atom is -0.369 e. The van der Waals surface area contributed by atoms with Crippen LogP contribution in [0.5, 0.6) is 0 Å². The summed E-state index contributed by atoms with van der Waals surface area (Å²) in [6.07, 6.45) is 2.13. The molecule has 0 radical (unpaired) electrons.